The number of aromatic nitrogens is 1. The van der Waals surface area contributed by atoms with Crippen molar-refractivity contribution < 1.29 is 14.1 Å². The molecule has 4 nitrogen and oxygen atoms in total. The van der Waals surface area contributed by atoms with Gasteiger partial charge in [0.15, 0.2) is 11.9 Å². The van der Waals surface area contributed by atoms with E-state index in [4.69, 9.17) is 9.26 Å². The molecule has 0 saturated carbocycles. The van der Waals surface area contributed by atoms with Crippen molar-refractivity contribution >= 4 is 5.97 Å². The lowest BCUT2D eigenvalue weighted by Gasteiger charge is -2.15. The molecule has 1 heterocycles. The Morgan fingerprint density at radius 3 is 2.16 bits per heavy atom. The van der Waals surface area contributed by atoms with E-state index in [1.165, 1.54) is 0 Å². The third-order valence-electron chi connectivity index (χ3n) is 4.62. The second-order valence-corrected chi connectivity index (χ2v) is 6.62. The van der Waals surface area contributed by atoms with Crippen molar-refractivity contribution in [1.29, 1.82) is 0 Å². The molecule has 0 saturated heterocycles. The van der Waals surface area contributed by atoms with E-state index < -0.39 is 6.10 Å². The molecule has 0 aliphatic heterocycles. The van der Waals surface area contributed by atoms with Gasteiger partial charge < -0.3 is 9.26 Å². The van der Waals surface area contributed by atoms with Gasteiger partial charge in [0.05, 0.1) is 5.69 Å². The number of rotatable bonds is 3. The predicted molar refractivity (Wildman–Crippen MR) is 94.5 cm³/mol. The number of carbonyl (C=O) groups excluding carboxylic acids is 1. The first-order valence-electron chi connectivity index (χ1n) is 8.43. The Morgan fingerprint density at radius 1 is 1.04 bits per heavy atom. The molecular weight excluding hydrogens is 314 g/mol. The molecule has 0 N–H and O–H groups in total. The van der Waals surface area contributed by atoms with Crippen LogP contribution in [0.25, 0.3) is 11.1 Å². The van der Waals surface area contributed by atoms with Crippen LogP contribution in [-0.2, 0) is 4.74 Å². The zero-order chi connectivity index (χ0) is 17.6. The van der Waals surface area contributed by atoms with Gasteiger partial charge in [-0.15, -0.1) is 0 Å². The van der Waals surface area contributed by atoms with Gasteiger partial charge >= 0.3 is 5.97 Å². The van der Waals surface area contributed by atoms with Gasteiger partial charge in [-0.3, -0.25) is 0 Å². The minimum absolute atomic E-state index is 0.0619. The van der Waals surface area contributed by atoms with Crippen LogP contribution in [-0.4, -0.2) is 11.1 Å². The highest BCUT2D eigenvalue weighted by Gasteiger charge is 2.33. The van der Waals surface area contributed by atoms with E-state index in [-0.39, 0.29) is 11.9 Å². The third kappa shape index (κ3) is 2.45. The third-order valence-corrected chi connectivity index (χ3v) is 4.62. The van der Waals surface area contributed by atoms with E-state index in [9.17, 15) is 4.79 Å². The summed E-state index contributed by atoms with van der Waals surface area (Å²) in [7, 11) is 0. The summed E-state index contributed by atoms with van der Waals surface area (Å²) < 4.78 is 11.3. The molecule has 0 unspecified atom stereocenters. The molecule has 0 amide bonds. The first-order chi connectivity index (χ1) is 12.1. The molecule has 3 aromatic rings. The van der Waals surface area contributed by atoms with Crippen molar-refractivity contribution in [3.05, 3.63) is 76.7 Å². The Hall–Kier alpha value is -2.88. The molecule has 126 valence electrons. The van der Waals surface area contributed by atoms with Crippen LogP contribution in [0.1, 0.15) is 58.8 Å². The van der Waals surface area contributed by atoms with Crippen molar-refractivity contribution in [3.8, 4) is 11.1 Å². The summed E-state index contributed by atoms with van der Waals surface area (Å²) in [5.41, 5.74) is 5.25. The second kappa shape index (κ2) is 5.88. The monoisotopic (exact) mass is 333 g/mol. The summed E-state index contributed by atoms with van der Waals surface area (Å²) in [6.07, 6.45) is -0.408. The summed E-state index contributed by atoms with van der Waals surface area (Å²) >= 11 is 0. The molecule has 1 aliphatic carbocycles. The van der Waals surface area contributed by atoms with Gasteiger partial charge in [-0.25, -0.2) is 4.79 Å². The maximum Gasteiger partial charge on any atom is 0.344 e. The fourth-order valence-corrected chi connectivity index (χ4v) is 3.43. The van der Waals surface area contributed by atoms with Crippen LogP contribution in [0, 0.1) is 6.92 Å². The van der Waals surface area contributed by atoms with E-state index in [1.807, 2.05) is 50.2 Å². The Balaban J connectivity index is 1.74. The lowest BCUT2D eigenvalue weighted by atomic mass is 10.0. The van der Waals surface area contributed by atoms with Gasteiger partial charge in [-0.1, -0.05) is 67.5 Å². The molecule has 4 heteroatoms. The quantitative estimate of drug-likeness (QED) is 0.631. The van der Waals surface area contributed by atoms with Crippen molar-refractivity contribution in [2.24, 2.45) is 0 Å². The number of hydrogen-bond donors (Lipinski definition) is 0. The molecule has 2 aromatic carbocycles. The number of ether oxygens (including phenoxy) is 1. The summed E-state index contributed by atoms with van der Waals surface area (Å²) in [5, 5.41) is 3.95. The zero-order valence-corrected chi connectivity index (χ0v) is 14.4. The largest absolute Gasteiger partial charge is 0.449 e. The van der Waals surface area contributed by atoms with Crippen LogP contribution in [0.5, 0.6) is 0 Å². The van der Waals surface area contributed by atoms with Crippen molar-refractivity contribution in [2.45, 2.75) is 32.8 Å². The van der Waals surface area contributed by atoms with Gasteiger partial charge in [0, 0.05) is 17.0 Å². The number of benzene rings is 2. The number of nitrogens with zero attached hydrogens (tertiary/aromatic N) is 1. The Kier molecular flexibility index (Phi) is 3.68. The Labute approximate surface area is 146 Å². The van der Waals surface area contributed by atoms with Crippen molar-refractivity contribution in [1.82, 2.24) is 5.16 Å². The molecule has 0 spiro atoms. The zero-order valence-electron chi connectivity index (χ0n) is 14.4. The number of aryl methyl sites for hydroxylation is 1. The normalized spacial score (nSPS) is 13.0. The molecule has 0 atom stereocenters. The van der Waals surface area contributed by atoms with Gasteiger partial charge in [0.2, 0.25) is 0 Å². The molecule has 1 aliphatic rings. The fraction of sp³-hybridized carbons (Fsp3) is 0.238. The molecule has 1 aromatic heterocycles. The number of hydrogen-bond acceptors (Lipinski definition) is 4. The summed E-state index contributed by atoms with van der Waals surface area (Å²) in [4.78, 5) is 12.9. The highest BCUT2D eigenvalue weighted by atomic mass is 16.5. The first kappa shape index (κ1) is 15.6. The second-order valence-electron chi connectivity index (χ2n) is 6.62. The van der Waals surface area contributed by atoms with Gasteiger partial charge in [-0.05, 0) is 18.1 Å². The minimum atomic E-state index is -0.408. The van der Waals surface area contributed by atoms with Crippen LogP contribution in [0.15, 0.2) is 53.1 Å². The molecule has 25 heavy (non-hydrogen) atoms. The van der Waals surface area contributed by atoms with Crippen LogP contribution in [0.2, 0.25) is 0 Å². The van der Waals surface area contributed by atoms with Gasteiger partial charge in [-0.2, -0.15) is 0 Å². The highest BCUT2D eigenvalue weighted by Crippen LogP contribution is 2.45. The Bertz CT molecular complexity index is 910. The lowest BCUT2D eigenvalue weighted by Crippen LogP contribution is -2.13. The maximum atomic E-state index is 12.9. The van der Waals surface area contributed by atoms with Crippen LogP contribution >= 0.6 is 0 Å². The molecule has 0 radical (unpaired) electrons. The molecular formula is C21H19NO3. The smallest absolute Gasteiger partial charge is 0.344 e. The van der Waals surface area contributed by atoms with Gasteiger partial charge in [0.1, 0.15) is 5.56 Å². The van der Waals surface area contributed by atoms with Crippen molar-refractivity contribution in [2.75, 3.05) is 0 Å². The minimum Gasteiger partial charge on any atom is -0.449 e. The Morgan fingerprint density at radius 2 is 1.60 bits per heavy atom. The van der Waals surface area contributed by atoms with Crippen LogP contribution < -0.4 is 0 Å². The summed E-state index contributed by atoms with van der Waals surface area (Å²) in [5.74, 6) is 0.243. The number of carbonyl (C=O) groups is 1. The van der Waals surface area contributed by atoms with E-state index in [2.05, 4.69) is 17.3 Å². The average molecular weight is 333 g/mol. The average Bonchev–Trinajstić information content (AvgIpc) is 3.15. The molecule has 4 rings (SSSR count). The van der Waals surface area contributed by atoms with E-state index in [0.717, 1.165) is 22.3 Å². The highest BCUT2D eigenvalue weighted by molar-refractivity contribution is 5.92. The van der Waals surface area contributed by atoms with E-state index >= 15 is 0 Å². The van der Waals surface area contributed by atoms with E-state index in [0.29, 0.717) is 17.0 Å². The standard InChI is InChI=1S/C21H19NO3/c1-12(2)19-18(13(3)22-25-19)21(23)24-20-16-10-6-4-8-14(16)15-9-5-7-11-17(15)20/h4-12,20H,1-3H3. The van der Waals surface area contributed by atoms with E-state index in [1.54, 1.807) is 6.92 Å². The predicted octanol–water partition coefficient (Wildman–Crippen LogP) is 5.03. The molecule has 0 bridgehead atoms. The number of esters is 1. The summed E-state index contributed by atoms with van der Waals surface area (Å²) in [6, 6.07) is 16.1. The first-order valence-corrected chi connectivity index (χ1v) is 8.43. The summed E-state index contributed by atoms with van der Waals surface area (Å²) in [6.45, 7) is 5.70. The maximum absolute atomic E-state index is 12.9. The van der Waals surface area contributed by atoms with Crippen LogP contribution in [0.4, 0.5) is 0 Å². The van der Waals surface area contributed by atoms with Gasteiger partial charge in [0.25, 0.3) is 0 Å². The SMILES string of the molecule is Cc1noc(C(C)C)c1C(=O)OC1c2ccccc2-c2ccccc21. The number of fused-ring (bicyclic) bond motifs is 3. The topological polar surface area (TPSA) is 52.3 Å². The van der Waals surface area contributed by atoms with Crippen molar-refractivity contribution in [3.63, 3.8) is 0 Å². The lowest BCUT2D eigenvalue weighted by molar-refractivity contribution is 0.0382. The van der Waals surface area contributed by atoms with Crippen LogP contribution in [0.3, 0.4) is 0 Å². The molecule has 0 fully saturated rings. The fourth-order valence-electron chi connectivity index (χ4n) is 3.43.